The molecule has 1 aliphatic rings. The molecule has 0 amide bonds. The molecule has 10 aromatic rings. The van der Waals surface area contributed by atoms with Crippen LogP contribution in [0.15, 0.2) is 190 Å². The summed E-state index contributed by atoms with van der Waals surface area (Å²) in [5.41, 5.74) is 6.94. The number of fused-ring (bicyclic) bond motifs is 8. The second-order valence-corrected chi connectivity index (χ2v) is 13.8. The van der Waals surface area contributed by atoms with E-state index in [2.05, 4.69) is 181 Å². The third-order valence-corrected chi connectivity index (χ3v) is 10.7. The first-order chi connectivity index (χ1) is 26.2. The number of nitrogens with one attached hydrogen (secondary N) is 1. The maximum Gasteiger partial charge on any atom is 0.159 e. The smallest absolute Gasteiger partial charge is 0.159 e. The van der Waals surface area contributed by atoms with Crippen molar-refractivity contribution in [3.05, 3.63) is 193 Å². The van der Waals surface area contributed by atoms with Crippen molar-refractivity contribution in [3.63, 3.8) is 0 Å². The van der Waals surface area contributed by atoms with E-state index in [0.29, 0.717) is 5.84 Å². The number of hydrogen-bond acceptors (Lipinski definition) is 4. The third kappa shape index (κ3) is 4.91. The Morgan fingerprint density at radius 2 is 1.02 bits per heavy atom. The number of aliphatic imine (C=N–C) groups is 2. The average molecular weight is 678 g/mol. The quantitative estimate of drug-likeness (QED) is 0.189. The lowest BCUT2D eigenvalue weighted by molar-refractivity contribution is 0.668. The monoisotopic (exact) mass is 677 g/mol. The summed E-state index contributed by atoms with van der Waals surface area (Å²) in [6, 6.07) is 62.3. The van der Waals surface area contributed by atoms with E-state index in [-0.39, 0.29) is 6.17 Å². The van der Waals surface area contributed by atoms with Gasteiger partial charge >= 0.3 is 0 Å². The van der Waals surface area contributed by atoms with Crippen LogP contribution in [-0.2, 0) is 0 Å². The van der Waals surface area contributed by atoms with Crippen LogP contribution in [0.5, 0.6) is 0 Å². The number of hydrogen-bond donors (Lipinski definition) is 1. The fraction of sp³-hybridized carbons (Fsp3) is 0.0204. The Morgan fingerprint density at radius 3 is 1.79 bits per heavy atom. The molecule has 0 spiro atoms. The second-order valence-electron chi connectivity index (χ2n) is 13.8. The van der Waals surface area contributed by atoms with Crippen LogP contribution in [0.25, 0.3) is 76.2 Å². The van der Waals surface area contributed by atoms with Gasteiger partial charge in [0.15, 0.2) is 5.84 Å². The number of nitrogens with zero attached hydrogens (tertiary/aromatic N) is 2. The predicted octanol–water partition coefficient (Wildman–Crippen LogP) is 12.4. The Bertz CT molecular complexity index is 3170. The van der Waals surface area contributed by atoms with E-state index in [9.17, 15) is 0 Å². The molecule has 0 radical (unpaired) electrons. The van der Waals surface area contributed by atoms with Crippen LogP contribution in [0.4, 0.5) is 0 Å². The number of rotatable bonds is 4. The lowest BCUT2D eigenvalue weighted by Gasteiger charge is -2.24. The van der Waals surface area contributed by atoms with Gasteiger partial charge in [-0.15, -0.1) is 0 Å². The van der Waals surface area contributed by atoms with Crippen molar-refractivity contribution in [2.75, 3.05) is 0 Å². The molecule has 1 aromatic heterocycles. The van der Waals surface area contributed by atoms with Gasteiger partial charge in [0.1, 0.15) is 23.2 Å². The highest BCUT2D eigenvalue weighted by Crippen LogP contribution is 2.40. The van der Waals surface area contributed by atoms with Gasteiger partial charge < -0.3 is 9.73 Å². The maximum absolute atomic E-state index is 6.58. The minimum Gasteiger partial charge on any atom is -0.456 e. The molecule has 0 saturated heterocycles. The molecular formula is C49H31N3O. The summed E-state index contributed by atoms with van der Waals surface area (Å²) in [4.78, 5) is 10.6. The van der Waals surface area contributed by atoms with Crippen molar-refractivity contribution in [2.45, 2.75) is 6.17 Å². The number of amidine groups is 2. The largest absolute Gasteiger partial charge is 0.456 e. The van der Waals surface area contributed by atoms with Gasteiger partial charge in [-0.05, 0) is 90.1 Å². The Labute approximate surface area is 305 Å². The highest BCUT2D eigenvalue weighted by atomic mass is 16.3. The molecular weight excluding hydrogens is 647 g/mol. The normalized spacial score (nSPS) is 14.6. The first-order valence-electron chi connectivity index (χ1n) is 18.0. The molecule has 0 fully saturated rings. The van der Waals surface area contributed by atoms with E-state index in [0.717, 1.165) is 61.0 Å². The van der Waals surface area contributed by atoms with Crippen molar-refractivity contribution in [1.29, 1.82) is 0 Å². The summed E-state index contributed by atoms with van der Waals surface area (Å²) in [5.74, 6) is 1.45. The molecule has 53 heavy (non-hydrogen) atoms. The summed E-state index contributed by atoms with van der Waals surface area (Å²) < 4.78 is 6.58. The summed E-state index contributed by atoms with van der Waals surface area (Å²) in [6.07, 6.45) is -0.367. The van der Waals surface area contributed by atoms with E-state index in [1.54, 1.807) is 0 Å². The highest BCUT2D eigenvalue weighted by molar-refractivity contribution is 6.24. The van der Waals surface area contributed by atoms with Crippen LogP contribution in [-0.4, -0.2) is 11.7 Å². The van der Waals surface area contributed by atoms with Gasteiger partial charge in [0, 0.05) is 21.9 Å². The maximum atomic E-state index is 6.58. The van der Waals surface area contributed by atoms with Crippen molar-refractivity contribution >= 4 is 76.7 Å². The minimum absolute atomic E-state index is 0.367. The molecule has 4 nitrogen and oxygen atoms in total. The van der Waals surface area contributed by atoms with Crippen molar-refractivity contribution in [2.24, 2.45) is 9.98 Å². The fourth-order valence-corrected chi connectivity index (χ4v) is 8.08. The van der Waals surface area contributed by atoms with Gasteiger partial charge in [-0.2, -0.15) is 0 Å². The molecule has 4 heteroatoms. The number of benzene rings is 9. The van der Waals surface area contributed by atoms with Crippen LogP contribution < -0.4 is 5.32 Å². The van der Waals surface area contributed by atoms with E-state index < -0.39 is 0 Å². The van der Waals surface area contributed by atoms with E-state index in [1.165, 1.54) is 37.7 Å². The SMILES string of the molecule is c1ccc2cc(C3=NC(c4ccc5c(ccc6ccccc65)c4)NC(c4cccc5oc6cccc(-c7ccc8ccccc8c7)c6c45)=N3)ccc2c1. The summed E-state index contributed by atoms with van der Waals surface area (Å²) in [6.45, 7) is 0. The standard InChI is InChI=1S/C49H31N3O/c1-3-12-33-27-36(22-19-30(33)9-1)41-15-7-17-43-45(41)46-42(16-8-18-44(46)53-43)49-51-47(37-24-20-31-10-2-4-13-34(31)28-37)50-48(52-49)38-25-26-40-35(29-38)23-21-32-11-5-6-14-39(32)40/h1-29,48H,(H,50,51,52). The minimum atomic E-state index is -0.367. The predicted molar refractivity (Wildman–Crippen MR) is 221 cm³/mol. The third-order valence-electron chi connectivity index (χ3n) is 10.7. The zero-order valence-electron chi connectivity index (χ0n) is 28.6. The Balaban J connectivity index is 1.11. The van der Waals surface area contributed by atoms with Crippen molar-refractivity contribution < 1.29 is 4.42 Å². The van der Waals surface area contributed by atoms with Gasteiger partial charge in [0.25, 0.3) is 0 Å². The number of furan rings is 1. The zero-order valence-corrected chi connectivity index (χ0v) is 28.6. The van der Waals surface area contributed by atoms with Crippen molar-refractivity contribution in [3.8, 4) is 11.1 Å². The van der Waals surface area contributed by atoms with Gasteiger partial charge in [0.2, 0.25) is 0 Å². The molecule has 1 N–H and O–H groups in total. The molecule has 2 heterocycles. The molecule has 1 aliphatic heterocycles. The first kappa shape index (κ1) is 29.7. The summed E-state index contributed by atoms with van der Waals surface area (Å²) in [7, 11) is 0. The first-order valence-corrected chi connectivity index (χ1v) is 18.0. The molecule has 0 saturated carbocycles. The fourth-order valence-electron chi connectivity index (χ4n) is 8.08. The zero-order chi connectivity index (χ0) is 34.9. The Hall–Kier alpha value is -7.04. The van der Waals surface area contributed by atoms with Gasteiger partial charge in [-0.25, -0.2) is 9.98 Å². The highest BCUT2D eigenvalue weighted by Gasteiger charge is 2.25. The van der Waals surface area contributed by atoms with Crippen LogP contribution in [0.3, 0.4) is 0 Å². The van der Waals surface area contributed by atoms with Gasteiger partial charge in [-0.1, -0.05) is 146 Å². The van der Waals surface area contributed by atoms with E-state index in [1.807, 2.05) is 0 Å². The van der Waals surface area contributed by atoms with Gasteiger partial charge in [0.05, 0.1) is 0 Å². The lowest BCUT2D eigenvalue weighted by atomic mass is 9.95. The molecule has 1 unspecified atom stereocenters. The topological polar surface area (TPSA) is 49.9 Å². The lowest BCUT2D eigenvalue weighted by Crippen LogP contribution is -2.33. The molecule has 9 aromatic carbocycles. The van der Waals surface area contributed by atoms with Crippen LogP contribution >= 0.6 is 0 Å². The van der Waals surface area contributed by atoms with Crippen LogP contribution in [0, 0.1) is 0 Å². The van der Waals surface area contributed by atoms with Crippen molar-refractivity contribution in [1.82, 2.24) is 5.32 Å². The van der Waals surface area contributed by atoms with E-state index >= 15 is 0 Å². The Morgan fingerprint density at radius 1 is 0.434 bits per heavy atom. The van der Waals surface area contributed by atoms with E-state index in [4.69, 9.17) is 14.4 Å². The molecule has 248 valence electrons. The molecule has 1 atom stereocenters. The molecule has 11 rings (SSSR count). The summed E-state index contributed by atoms with van der Waals surface area (Å²) >= 11 is 0. The molecule has 0 aliphatic carbocycles. The van der Waals surface area contributed by atoms with Crippen LogP contribution in [0.1, 0.15) is 22.9 Å². The van der Waals surface area contributed by atoms with Gasteiger partial charge in [-0.3, -0.25) is 0 Å². The Kier molecular flexibility index (Phi) is 6.58. The summed E-state index contributed by atoms with van der Waals surface area (Å²) in [5, 5.41) is 15.5. The van der Waals surface area contributed by atoms with Crippen LogP contribution in [0.2, 0.25) is 0 Å². The average Bonchev–Trinajstić information content (AvgIpc) is 3.62. The second kappa shape index (κ2) is 11.8. The molecule has 0 bridgehead atoms.